The number of methoxy groups -OCH3 is 1. The summed E-state index contributed by atoms with van der Waals surface area (Å²) in [7, 11) is 1.51. The molecule has 0 aliphatic carbocycles. The number of hydrogen-bond acceptors (Lipinski definition) is 3. The second-order valence-electron chi connectivity index (χ2n) is 3.31. The third-order valence-corrected chi connectivity index (χ3v) is 2.45. The summed E-state index contributed by atoms with van der Waals surface area (Å²) in [6.45, 7) is 2.06. The van der Waals surface area contributed by atoms with Crippen LogP contribution >= 0.6 is 12.6 Å². The Morgan fingerprint density at radius 1 is 1.53 bits per heavy atom. The van der Waals surface area contributed by atoms with Crippen molar-refractivity contribution in [2.75, 3.05) is 12.8 Å². The van der Waals surface area contributed by atoms with Crippen molar-refractivity contribution in [1.82, 2.24) is 0 Å². The molecule has 0 saturated carbocycles. The van der Waals surface area contributed by atoms with Crippen LogP contribution in [0.3, 0.4) is 0 Å². The average molecular weight is 225 g/mol. The van der Waals surface area contributed by atoms with Crippen molar-refractivity contribution in [1.29, 1.82) is 0 Å². The van der Waals surface area contributed by atoms with Gasteiger partial charge in [0.15, 0.2) is 0 Å². The zero-order chi connectivity index (χ0) is 11.4. The molecule has 0 bridgehead atoms. The zero-order valence-corrected chi connectivity index (χ0v) is 9.80. The van der Waals surface area contributed by atoms with E-state index in [0.717, 1.165) is 18.4 Å². The summed E-state index contributed by atoms with van der Waals surface area (Å²) in [6.07, 6.45) is 1.83. The first-order chi connectivity index (χ1) is 7.10. The number of carbonyl (C=O) groups is 1. The van der Waals surface area contributed by atoms with Crippen molar-refractivity contribution < 1.29 is 9.53 Å². The molecule has 0 unspecified atom stereocenters. The Kier molecular flexibility index (Phi) is 4.03. The van der Waals surface area contributed by atoms with Crippen LogP contribution in [0.25, 0.3) is 0 Å². The molecule has 0 aliphatic rings. The molecule has 0 radical (unpaired) electrons. The van der Waals surface area contributed by atoms with Gasteiger partial charge in [0.2, 0.25) is 5.12 Å². The summed E-state index contributed by atoms with van der Waals surface area (Å²) in [5, 5.41) is -0.302. The number of anilines is 1. The van der Waals surface area contributed by atoms with E-state index < -0.39 is 0 Å². The Balaban J connectivity index is 3.23. The number of nitrogens with two attached hydrogens (primary N) is 1. The monoisotopic (exact) mass is 225 g/mol. The minimum absolute atomic E-state index is 0.302. The second kappa shape index (κ2) is 5.07. The highest BCUT2D eigenvalue weighted by Crippen LogP contribution is 2.27. The van der Waals surface area contributed by atoms with E-state index in [1.807, 2.05) is 0 Å². The van der Waals surface area contributed by atoms with Gasteiger partial charge in [0.05, 0.1) is 12.7 Å². The molecule has 3 nitrogen and oxygen atoms in total. The highest BCUT2D eigenvalue weighted by Gasteiger charge is 2.12. The molecule has 82 valence electrons. The molecule has 4 heteroatoms. The number of rotatable bonds is 4. The van der Waals surface area contributed by atoms with Gasteiger partial charge in [0, 0.05) is 11.8 Å². The van der Waals surface area contributed by atoms with Gasteiger partial charge >= 0.3 is 0 Å². The third-order valence-electron chi connectivity index (χ3n) is 2.21. The van der Waals surface area contributed by atoms with Crippen LogP contribution in [0.2, 0.25) is 0 Å². The van der Waals surface area contributed by atoms with E-state index >= 15 is 0 Å². The molecule has 1 rings (SSSR count). The van der Waals surface area contributed by atoms with Crippen LogP contribution in [0.4, 0.5) is 5.69 Å². The molecule has 15 heavy (non-hydrogen) atoms. The van der Waals surface area contributed by atoms with Crippen molar-refractivity contribution in [2.45, 2.75) is 19.8 Å². The summed E-state index contributed by atoms with van der Waals surface area (Å²) in [5.74, 6) is 0.479. The maximum absolute atomic E-state index is 11.2. The quantitative estimate of drug-likeness (QED) is 0.610. The minimum atomic E-state index is -0.302. The standard InChI is InChI=1S/C11H15NO2S/c1-3-4-7-5-8(11(13)15)10(14-2)6-9(7)12/h5-6H,3-4,12H2,1-2H3,(H,13,15). The summed E-state index contributed by atoms with van der Waals surface area (Å²) >= 11 is 3.80. The molecule has 1 aromatic carbocycles. The molecule has 0 saturated heterocycles. The smallest absolute Gasteiger partial charge is 0.220 e. The Hall–Kier alpha value is -1.16. The van der Waals surface area contributed by atoms with E-state index in [1.165, 1.54) is 7.11 Å². The maximum atomic E-state index is 11.2. The van der Waals surface area contributed by atoms with E-state index in [2.05, 4.69) is 19.6 Å². The zero-order valence-electron chi connectivity index (χ0n) is 8.91. The maximum Gasteiger partial charge on any atom is 0.220 e. The lowest BCUT2D eigenvalue weighted by Gasteiger charge is -2.10. The van der Waals surface area contributed by atoms with Gasteiger partial charge in [-0.25, -0.2) is 0 Å². The van der Waals surface area contributed by atoms with E-state index in [0.29, 0.717) is 17.0 Å². The number of nitrogen functional groups attached to an aromatic ring is 1. The van der Waals surface area contributed by atoms with E-state index in [1.54, 1.807) is 12.1 Å². The molecule has 1 aromatic rings. The molecular weight excluding hydrogens is 210 g/mol. The van der Waals surface area contributed by atoms with Crippen LogP contribution in [0.1, 0.15) is 29.3 Å². The lowest BCUT2D eigenvalue weighted by Crippen LogP contribution is -2.01. The van der Waals surface area contributed by atoms with Crippen molar-refractivity contribution in [3.05, 3.63) is 23.3 Å². The first-order valence-corrected chi connectivity index (χ1v) is 5.24. The first kappa shape index (κ1) is 11.9. The molecule has 0 aliphatic heterocycles. The van der Waals surface area contributed by atoms with Crippen molar-refractivity contribution in [3.8, 4) is 5.75 Å². The highest BCUT2D eigenvalue weighted by molar-refractivity contribution is 7.97. The Morgan fingerprint density at radius 2 is 2.20 bits per heavy atom. The third kappa shape index (κ3) is 2.65. The number of carbonyl (C=O) groups excluding carboxylic acids is 1. The molecule has 0 amide bonds. The Labute approximate surface area is 95.0 Å². The Bertz CT molecular complexity index is 377. The van der Waals surface area contributed by atoms with Gasteiger partial charge < -0.3 is 10.5 Å². The topological polar surface area (TPSA) is 52.3 Å². The number of ether oxygens (including phenoxy) is 1. The highest BCUT2D eigenvalue weighted by atomic mass is 32.1. The molecule has 0 atom stereocenters. The molecule has 0 heterocycles. The van der Waals surface area contributed by atoms with Gasteiger partial charge in [-0.1, -0.05) is 13.3 Å². The van der Waals surface area contributed by atoms with Crippen molar-refractivity contribution >= 4 is 23.4 Å². The van der Waals surface area contributed by atoms with E-state index in [-0.39, 0.29) is 5.12 Å². The van der Waals surface area contributed by atoms with Crippen LogP contribution in [0.15, 0.2) is 12.1 Å². The van der Waals surface area contributed by atoms with Gasteiger partial charge in [-0.05, 0) is 18.1 Å². The predicted molar refractivity (Wildman–Crippen MR) is 64.7 cm³/mol. The fourth-order valence-corrected chi connectivity index (χ4v) is 1.64. The lowest BCUT2D eigenvalue weighted by molar-refractivity contribution is 0.108. The second-order valence-corrected chi connectivity index (χ2v) is 3.71. The van der Waals surface area contributed by atoms with Crippen LogP contribution in [-0.2, 0) is 6.42 Å². The molecule has 0 aromatic heterocycles. The van der Waals surface area contributed by atoms with Crippen LogP contribution in [-0.4, -0.2) is 12.2 Å². The van der Waals surface area contributed by atoms with Gasteiger partial charge in [0.25, 0.3) is 0 Å². The number of hydrogen-bond donors (Lipinski definition) is 2. The molecule has 2 N–H and O–H groups in total. The fraction of sp³-hybridized carbons (Fsp3) is 0.364. The van der Waals surface area contributed by atoms with Gasteiger partial charge in [0.1, 0.15) is 5.75 Å². The summed E-state index contributed by atoms with van der Waals surface area (Å²) < 4.78 is 5.07. The van der Waals surface area contributed by atoms with Gasteiger partial charge in [-0.15, -0.1) is 12.6 Å². The van der Waals surface area contributed by atoms with Gasteiger partial charge in [-0.3, -0.25) is 4.79 Å². The first-order valence-electron chi connectivity index (χ1n) is 4.79. The van der Waals surface area contributed by atoms with Crippen LogP contribution in [0.5, 0.6) is 5.75 Å². The van der Waals surface area contributed by atoms with Crippen molar-refractivity contribution in [3.63, 3.8) is 0 Å². The lowest BCUT2D eigenvalue weighted by atomic mass is 10.0. The van der Waals surface area contributed by atoms with Crippen LogP contribution < -0.4 is 10.5 Å². The van der Waals surface area contributed by atoms with Crippen molar-refractivity contribution in [2.24, 2.45) is 0 Å². The average Bonchev–Trinajstić information content (AvgIpc) is 2.20. The number of aryl methyl sites for hydroxylation is 1. The van der Waals surface area contributed by atoms with Gasteiger partial charge in [-0.2, -0.15) is 0 Å². The molecule has 0 fully saturated rings. The van der Waals surface area contributed by atoms with E-state index in [9.17, 15) is 4.79 Å². The summed E-state index contributed by atoms with van der Waals surface area (Å²) in [4.78, 5) is 11.2. The predicted octanol–water partition coefficient (Wildman–Crippen LogP) is 2.30. The molecular formula is C11H15NO2S. The number of thiol groups is 1. The Morgan fingerprint density at radius 3 is 2.67 bits per heavy atom. The van der Waals surface area contributed by atoms with Crippen LogP contribution in [0, 0.1) is 0 Å². The van der Waals surface area contributed by atoms with E-state index in [4.69, 9.17) is 10.5 Å². The summed E-state index contributed by atoms with van der Waals surface area (Å²) in [6, 6.07) is 3.43. The largest absolute Gasteiger partial charge is 0.496 e. The fourth-order valence-electron chi connectivity index (χ4n) is 1.46. The minimum Gasteiger partial charge on any atom is -0.496 e. The number of benzene rings is 1. The summed E-state index contributed by atoms with van der Waals surface area (Å²) in [5.41, 5.74) is 7.93. The molecule has 0 spiro atoms. The SMILES string of the molecule is CCCc1cc(C(=O)S)c(OC)cc1N. The normalized spacial score (nSPS) is 10.1.